The van der Waals surface area contributed by atoms with E-state index in [9.17, 15) is 19.2 Å². The fourth-order valence-electron chi connectivity index (χ4n) is 0.900. The van der Waals surface area contributed by atoms with Gasteiger partial charge in [-0.2, -0.15) is 0 Å². The van der Waals surface area contributed by atoms with Crippen LogP contribution in [-0.2, 0) is 4.79 Å². The molecule has 0 saturated heterocycles. The van der Waals surface area contributed by atoms with Crippen LogP contribution in [0.5, 0.6) is 0 Å². The molecule has 8 nitrogen and oxygen atoms in total. The molecule has 1 aromatic rings. The number of aliphatic carboxylic acids is 1. The quantitative estimate of drug-likeness (QED) is 0.504. The van der Waals surface area contributed by atoms with Crippen molar-refractivity contribution >= 4 is 5.97 Å². The predicted octanol–water partition coefficient (Wildman–Crippen LogP) is -2.13. The van der Waals surface area contributed by atoms with Crippen molar-refractivity contribution in [3.05, 3.63) is 31.5 Å². The Balaban J connectivity index is 3.51. The normalized spacial score (nSPS) is 12.4. The molecule has 8 heteroatoms. The topological polar surface area (TPSA) is 125 Å². The lowest BCUT2D eigenvalue weighted by molar-refractivity contribution is -0.140. The SMILES string of the molecule is CC(C(=O)O)n1c(=O)[nH]c(=O)[nH]c1=O. The molecule has 0 fully saturated rings. The molecule has 3 N–H and O–H groups in total. The van der Waals surface area contributed by atoms with Gasteiger partial charge in [0, 0.05) is 0 Å². The molecule has 0 aliphatic rings. The van der Waals surface area contributed by atoms with Crippen molar-refractivity contribution in [2.24, 2.45) is 0 Å². The molecule has 1 unspecified atom stereocenters. The van der Waals surface area contributed by atoms with Gasteiger partial charge < -0.3 is 5.11 Å². The van der Waals surface area contributed by atoms with E-state index in [4.69, 9.17) is 5.11 Å². The number of aromatic amines is 2. The smallest absolute Gasteiger partial charge is 0.334 e. The van der Waals surface area contributed by atoms with Gasteiger partial charge in [-0.1, -0.05) is 0 Å². The van der Waals surface area contributed by atoms with Crippen LogP contribution in [0.1, 0.15) is 13.0 Å². The second-order valence-corrected chi connectivity index (χ2v) is 2.57. The molecule has 0 spiro atoms. The van der Waals surface area contributed by atoms with Crippen molar-refractivity contribution < 1.29 is 9.90 Å². The minimum absolute atomic E-state index is 0.406. The van der Waals surface area contributed by atoms with Gasteiger partial charge in [0.05, 0.1) is 0 Å². The van der Waals surface area contributed by atoms with E-state index in [0.717, 1.165) is 6.92 Å². The highest BCUT2D eigenvalue weighted by Gasteiger charge is 2.17. The molecule has 0 saturated carbocycles. The number of aromatic nitrogens is 3. The van der Waals surface area contributed by atoms with Crippen LogP contribution in [0, 0.1) is 0 Å². The minimum atomic E-state index is -1.34. The maximum Gasteiger partial charge on any atom is 0.334 e. The molecule has 1 aromatic heterocycles. The van der Waals surface area contributed by atoms with Crippen LogP contribution in [0.25, 0.3) is 0 Å². The molecule has 0 aromatic carbocycles. The number of hydrogen-bond acceptors (Lipinski definition) is 4. The molecule has 0 amide bonds. The van der Waals surface area contributed by atoms with Gasteiger partial charge in [-0.15, -0.1) is 0 Å². The zero-order valence-corrected chi connectivity index (χ0v) is 7.10. The van der Waals surface area contributed by atoms with Crippen molar-refractivity contribution in [3.63, 3.8) is 0 Å². The van der Waals surface area contributed by atoms with Gasteiger partial charge >= 0.3 is 23.0 Å². The Hall–Kier alpha value is -2.12. The van der Waals surface area contributed by atoms with Crippen LogP contribution in [0.4, 0.5) is 0 Å². The zero-order valence-electron chi connectivity index (χ0n) is 7.10. The molecule has 0 bridgehead atoms. The van der Waals surface area contributed by atoms with Crippen molar-refractivity contribution in [1.82, 2.24) is 14.5 Å². The van der Waals surface area contributed by atoms with Crippen LogP contribution in [0.3, 0.4) is 0 Å². The Bertz CT molecular complexity index is 487. The number of carboxylic acids is 1. The maximum absolute atomic E-state index is 11.0. The molecule has 0 aliphatic carbocycles. The molecular weight excluding hydrogens is 194 g/mol. The first-order valence-corrected chi connectivity index (χ1v) is 3.61. The molecule has 14 heavy (non-hydrogen) atoms. The average Bonchev–Trinajstić information content (AvgIpc) is 2.01. The van der Waals surface area contributed by atoms with Crippen molar-refractivity contribution in [3.8, 4) is 0 Å². The largest absolute Gasteiger partial charge is 0.480 e. The Labute approximate surface area is 75.8 Å². The molecule has 1 heterocycles. The summed E-state index contributed by atoms with van der Waals surface area (Å²) >= 11 is 0. The van der Waals surface area contributed by atoms with Crippen LogP contribution in [-0.4, -0.2) is 25.6 Å². The molecule has 0 radical (unpaired) electrons. The van der Waals surface area contributed by atoms with E-state index in [-0.39, 0.29) is 0 Å². The second-order valence-electron chi connectivity index (χ2n) is 2.57. The monoisotopic (exact) mass is 201 g/mol. The number of carbonyl (C=O) groups is 1. The van der Waals surface area contributed by atoms with Crippen molar-refractivity contribution in [1.29, 1.82) is 0 Å². The summed E-state index contributed by atoms with van der Waals surface area (Å²) in [6, 6.07) is -1.33. The molecule has 1 rings (SSSR count). The highest BCUT2D eigenvalue weighted by Crippen LogP contribution is 1.95. The summed E-state index contributed by atoms with van der Waals surface area (Å²) in [5, 5.41) is 8.55. The summed E-state index contributed by atoms with van der Waals surface area (Å²) in [5.74, 6) is -1.34. The summed E-state index contributed by atoms with van der Waals surface area (Å²) in [5.41, 5.74) is -3.06. The number of nitrogens with one attached hydrogen (secondary N) is 2. The summed E-state index contributed by atoms with van der Waals surface area (Å²) < 4.78 is 0.406. The minimum Gasteiger partial charge on any atom is -0.480 e. The van der Waals surface area contributed by atoms with E-state index in [1.54, 1.807) is 9.97 Å². The van der Waals surface area contributed by atoms with E-state index in [1.165, 1.54) is 0 Å². The molecule has 0 aliphatic heterocycles. The summed E-state index contributed by atoms with van der Waals surface area (Å²) in [4.78, 5) is 46.6. The summed E-state index contributed by atoms with van der Waals surface area (Å²) in [6.45, 7) is 1.15. The first kappa shape index (κ1) is 9.96. The lowest BCUT2D eigenvalue weighted by atomic mass is 10.3. The van der Waals surface area contributed by atoms with Crippen molar-refractivity contribution in [2.45, 2.75) is 13.0 Å². The number of H-pyrrole nitrogens is 2. The van der Waals surface area contributed by atoms with Gasteiger partial charge in [-0.05, 0) is 6.92 Å². The van der Waals surface area contributed by atoms with E-state index in [1.807, 2.05) is 0 Å². The van der Waals surface area contributed by atoms with E-state index >= 15 is 0 Å². The third kappa shape index (κ3) is 1.63. The van der Waals surface area contributed by atoms with Gasteiger partial charge in [0.25, 0.3) is 0 Å². The molecule has 76 valence electrons. The van der Waals surface area contributed by atoms with Crippen LogP contribution in [0.15, 0.2) is 14.4 Å². The highest BCUT2D eigenvalue weighted by molar-refractivity contribution is 5.71. The number of carboxylic acid groups (broad SMARTS) is 1. The zero-order chi connectivity index (χ0) is 10.9. The van der Waals surface area contributed by atoms with Gasteiger partial charge in [0.15, 0.2) is 0 Å². The third-order valence-corrected chi connectivity index (χ3v) is 1.62. The average molecular weight is 201 g/mol. The molecular formula is C6H7N3O5. The van der Waals surface area contributed by atoms with Gasteiger partial charge in [0.1, 0.15) is 6.04 Å². The van der Waals surface area contributed by atoms with Crippen LogP contribution < -0.4 is 17.1 Å². The Kier molecular flexibility index (Phi) is 2.36. The Morgan fingerprint density at radius 2 is 1.71 bits per heavy atom. The predicted molar refractivity (Wildman–Crippen MR) is 44.3 cm³/mol. The van der Waals surface area contributed by atoms with Crippen molar-refractivity contribution in [2.75, 3.05) is 0 Å². The fraction of sp³-hybridized carbons (Fsp3) is 0.333. The van der Waals surface area contributed by atoms with E-state index in [0.29, 0.717) is 4.57 Å². The van der Waals surface area contributed by atoms with Crippen LogP contribution >= 0.6 is 0 Å². The lowest BCUT2D eigenvalue weighted by Crippen LogP contribution is -2.46. The standard InChI is InChI=1S/C6H7N3O5/c1-2(3(10)11)9-5(13)7-4(12)8-6(9)14/h2H,1H3,(H,10,11)(H2,7,8,12,13,14). The van der Waals surface area contributed by atoms with E-state index in [2.05, 4.69) is 0 Å². The Morgan fingerprint density at radius 1 is 1.29 bits per heavy atom. The second kappa shape index (κ2) is 3.32. The summed E-state index contributed by atoms with van der Waals surface area (Å²) in [6.07, 6.45) is 0. The first-order valence-electron chi connectivity index (χ1n) is 3.61. The highest BCUT2D eigenvalue weighted by atomic mass is 16.4. The van der Waals surface area contributed by atoms with Gasteiger partial charge in [-0.3, -0.25) is 9.97 Å². The first-order chi connectivity index (χ1) is 6.43. The third-order valence-electron chi connectivity index (χ3n) is 1.62. The van der Waals surface area contributed by atoms with Gasteiger partial charge in [0.2, 0.25) is 0 Å². The number of hydrogen-bond donors (Lipinski definition) is 3. The molecule has 1 atom stereocenters. The fourth-order valence-corrected chi connectivity index (χ4v) is 0.900. The van der Waals surface area contributed by atoms with Crippen LogP contribution in [0.2, 0.25) is 0 Å². The van der Waals surface area contributed by atoms with E-state index < -0.39 is 29.1 Å². The lowest BCUT2D eigenvalue weighted by Gasteiger charge is -2.06. The number of nitrogens with zero attached hydrogens (tertiary/aromatic N) is 1. The number of rotatable bonds is 2. The van der Waals surface area contributed by atoms with Gasteiger partial charge in [-0.25, -0.2) is 23.7 Å². The maximum atomic E-state index is 11.0. The summed E-state index contributed by atoms with van der Waals surface area (Å²) in [7, 11) is 0. The Morgan fingerprint density at radius 3 is 2.07 bits per heavy atom.